The lowest BCUT2D eigenvalue weighted by atomic mass is 9.84. The van der Waals surface area contributed by atoms with Crippen LogP contribution in [0.1, 0.15) is 49.3 Å². The number of pyridine rings is 1. The number of aromatic nitrogens is 1. The number of rotatable bonds is 11. The van der Waals surface area contributed by atoms with E-state index in [0.717, 1.165) is 55.3 Å². The Labute approximate surface area is 177 Å². The summed E-state index contributed by atoms with van der Waals surface area (Å²) < 4.78 is 5.45. The van der Waals surface area contributed by atoms with Crippen molar-refractivity contribution < 1.29 is 19.5 Å². The maximum absolute atomic E-state index is 10.8. The fraction of sp³-hybridized carbons (Fsp3) is 0.417. The fourth-order valence-corrected chi connectivity index (χ4v) is 3.69. The third-order valence-corrected chi connectivity index (χ3v) is 5.27. The minimum Gasteiger partial charge on any atom is -0.482 e. The zero-order valence-corrected chi connectivity index (χ0v) is 17.5. The van der Waals surface area contributed by atoms with E-state index < -0.39 is 5.97 Å². The van der Waals surface area contributed by atoms with Gasteiger partial charge in [0, 0.05) is 18.0 Å². The van der Waals surface area contributed by atoms with Crippen molar-refractivity contribution in [1.82, 2.24) is 10.5 Å². The van der Waals surface area contributed by atoms with Gasteiger partial charge in [0.05, 0.1) is 12.3 Å². The van der Waals surface area contributed by atoms with E-state index in [4.69, 9.17) is 14.7 Å². The van der Waals surface area contributed by atoms with Gasteiger partial charge in [-0.2, -0.15) is 0 Å². The third-order valence-electron chi connectivity index (χ3n) is 5.27. The Morgan fingerprint density at radius 1 is 1.33 bits per heavy atom. The lowest BCUT2D eigenvalue weighted by Crippen LogP contribution is -2.24. The van der Waals surface area contributed by atoms with Gasteiger partial charge in [-0.1, -0.05) is 31.6 Å². The van der Waals surface area contributed by atoms with Gasteiger partial charge in [0.15, 0.2) is 6.61 Å². The molecule has 0 saturated heterocycles. The third kappa shape index (κ3) is 6.32. The van der Waals surface area contributed by atoms with Crippen LogP contribution in [0.4, 0.5) is 0 Å². The first-order chi connectivity index (χ1) is 14.7. The Morgan fingerprint density at radius 2 is 2.23 bits per heavy atom. The van der Waals surface area contributed by atoms with Gasteiger partial charge in [0.1, 0.15) is 5.75 Å². The zero-order chi connectivity index (χ0) is 21.2. The number of hydrogen-bond acceptors (Lipinski definition) is 5. The van der Waals surface area contributed by atoms with Crippen LogP contribution in [0.2, 0.25) is 0 Å². The second-order valence-corrected chi connectivity index (χ2v) is 7.60. The Hall–Kier alpha value is -2.86. The predicted octanol–water partition coefficient (Wildman–Crippen LogP) is 4.40. The highest BCUT2D eigenvalue weighted by Crippen LogP contribution is 2.32. The number of ether oxygens (including phenoxy) is 1. The largest absolute Gasteiger partial charge is 0.482 e. The maximum atomic E-state index is 10.8. The van der Waals surface area contributed by atoms with Crippen LogP contribution in [-0.2, 0) is 22.5 Å². The number of hydrogen-bond donors (Lipinski definition) is 2. The number of carboxylic acids is 1. The number of aliphatic carboxylic acids is 1. The summed E-state index contributed by atoms with van der Waals surface area (Å²) in [4.78, 5) is 20.9. The molecule has 1 heterocycles. The summed E-state index contributed by atoms with van der Waals surface area (Å²) in [6.45, 7) is 2.47. The molecule has 0 radical (unpaired) electrons. The molecule has 0 saturated carbocycles. The Bertz CT molecular complexity index is 852. The first kappa shape index (κ1) is 21.8. The van der Waals surface area contributed by atoms with Gasteiger partial charge in [-0.25, -0.2) is 4.79 Å². The SMILES string of the molecule is CCCCC=C(NOCC1CCc2c(cccc2OCC(=O)O)C1)c1cccnc1. The first-order valence-corrected chi connectivity index (χ1v) is 10.6. The van der Waals surface area contributed by atoms with Crippen LogP contribution in [0.25, 0.3) is 5.70 Å². The molecule has 1 aliphatic rings. The number of fused-ring (bicyclic) bond motifs is 1. The standard InChI is InChI=1S/C24H30N2O4/c1-2-3-4-9-22(20-8-6-13-25-15-20)26-30-16-18-11-12-21-19(14-18)7-5-10-23(21)29-17-24(27)28/h5-10,13,15,18,26H,2-4,11-12,14,16-17H2,1H3,(H,27,28). The van der Waals surface area contributed by atoms with Crippen molar-refractivity contribution in [3.8, 4) is 5.75 Å². The minimum absolute atomic E-state index is 0.311. The number of hydroxylamine groups is 1. The highest BCUT2D eigenvalue weighted by molar-refractivity contribution is 5.68. The van der Waals surface area contributed by atoms with Crippen molar-refractivity contribution in [2.45, 2.75) is 45.4 Å². The van der Waals surface area contributed by atoms with E-state index >= 15 is 0 Å². The Balaban J connectivity index is 1.56. The average Bonchev–Trinajstić information content (AvgIpc) is 2.77. The van der Waals surface area contributed by atoms with E-state index in [2.05, 4.69) is 29.5 Å². The van der Waals surface area contributed by atoms with Crippen molar-refractivity contribution in [3.05, 3.63) is 65.5 Å². The maximum Gasteiger partial charge on any atom is 0.341 e. The van der Waals surface area contributed by atoms with Gasteiger partial charge in [-0.15, -0.1) is 0 Å². The van der Waals surface area contributed by atoms with Gasteiger partial charge in [0.25, 0.3) is 0 Å². The van der Waals surface area contributed by atoms with Crippen molar-refractivity contribution in [1.29, 1.82) is 0 Å². The predicted molar refractivity (Wildman–Crippen MR) is 116 cm³/mol. The summed E-state index contributed by atoms with van der Waals surface area (Å²) in [6.07, 6.45) is 11.8. The molecule has 0 aliphatic heterocycles. The van der Waals surface area contributed by atoms with Crippen LogP contribution in [-0.4, -0.2) is 29.3 Å². The lowest BCUT2D eigenvalue weighted by Gasteiger charge is -2.26. The molecule has 0 fully saturated rings. The Morgan fingerprint density at radius 3 is 3.00 bits per heavy atom. The van der Waals surface area contributed by atoms with Crippen LogP contribution in [0.3, 0.4) is 0 Å². The molecule has 1 unspecified atom stereocenters. The normalized spacial score (nSPS) is 16.0. The molecule has 3 rings (SSSR count). The molecule has 1 atom stereocenters. The molecule has 2 N–H and O–H groups in total. The Kier molecular flexibility index (Phi) is 8.27. The molecule has 2 aromatic rings. The second-order valence-electron chi connectivity index (χ2n) is 7.60. The molecule has 160 valence electrons. The monoisotopic (exact) mass is 410 g/mol. The van der Waals surface area contributed by atoms with Crippen LogP contribution >= 0.6 is 0 Å². The number of carbonyl (C=O) groups is 1. The highest BCUT2D eigenvalue weighted by Gasteiger charge is 2.22. The second kappa shape index (κ2) is 11.4. The number of benzene rings is 1. The zero-order valence-electron chi connectivity index (χ0n) is 17.5. The smallest absolute Gasteiger partial charge is 0.341 e. The van der Waals surface area contributed by atoms with Gasteiger partial charge in [-0.3, -0.25) is 15.3 Å². The first-order valence-electron chi connectivity index (χ1n) is 10.6. The van der Waals surface area contributed by atoms with Gasteiger partial charge in [0.2, 0.25) is 0 Å². The van der Waals surface area contributed by atoms with E-state index in [-0.39, 0.29) is 6.61 Å². The summed E-state index contributed by atoms with van der Waals surface area (Å²) >= 11 is 0. The molecule has 1 aromatic heterocycles. The highest BCUT2D eigenvalue weighted by atomic mass is 16.6. The summed E-state index contributed by atoms with van der Waals surface area (Å²) in [5, 5.41) is 8.86. The van der Waals surface area contributed by atoms with Crippen LogP contribution < -0.4 is 10.2 Å². The molecule has 6 heteroatoms. The average molecular weight is 411 g/mol. The molecule has 1 aliphatic carbocycles. The van der Waals surface area contributed by atoms with E-state index in [0.29, 0.717) is 18.3 Å². The van der Waals surface area contributed by atoms with Crippen molar-refractivity contribution in [2.24, 2.45) is 5.92 Å². The van der Waals surface area contributed by atoms with Gasteiger partial charge >= 0.3 is 5.97 Å². The van der Waals surface area contributed by atoms with Crippen molar-refractivity contribution in [2.75, 3.05) is 13.2 Å². The van der Waals surface area contributed by atoms with E-state index in [9.17, 15) is 4.79 Å². The molecule has 1 aromatic carbocycles. The van der Waals surface area contributed by atoms with E-state index in [1.165, 1.54) is 5.56 Å². The number of carboxylic acid groups (broad SMARTS) is 1. The van der Waals surface area contributed by atoms with Crippen molar-refractivity contribution in [3.63, 3.8) is 0 Å². The van der Waals surface area contributed by atoms with E-state index in [1.807, 2.05) is 30.5 Å². The molecule has 0 bridgehead atoms. The topological polar surface area (TPSA) is 80.7 Å². The van der Waals surface area contributed by atoms with Crippen LogP contribution in [0, 0.1) is 5.92 Å². The summed E-state index contributed by atoms with van der Waals surface area (Å²) in [7, 11) is 0. The summed E-state index contributed by atoms with van der Waals surface area (Å²) in [5.74, 6) is 0.118. The fourth-order valence-electron chi connectivity index (χ4n) is 3.69. The quantitative estimate of drug-likeness (QED) is 0.422. The number of nitrogens with one attached hydrogen (secondary N) is 1. The molecular weight excluding hydrogens is 380 g/mol. The summed E-state index contributed by atoms with van der Waals surface area (Å²) in [5.41, 5.74) is 7.45. The minimum atomic E-state index is -0.961. The molecule has 6 nitrogen and oxygen atoms in total. The number of nitrogens with zero attached hydrogens (tertiary/aromatic N) is 1. The molecule has 0 amide bonds. The number of allylic oxidation sites excluding steroid dienone is 1. The molecule has 0 spiro atoms. The van der Waals surface area contributed by atoms with Gasteiger partial charge < -0.3 is 9.84 Å². The number of unbranched alkanes of at least 4 members (excludes halogenated alkanes) is 2. The van der Waals surface area contributed by atoms with Gasteiger partial charge in [-0.05, 0) is 67.3 Å². The lowest BCUT2D eigenvalue weighted by molar-refractivity contribution is -0.139. The van der Waals surface area contributed by atoms with E-state index in [1.54, 1.807) is 6.20 Å². The molecule has 30 heavy (non-hydrogen) atoms. The summed E-state index contributed by atoms with van der Waals surface area (Å²) in [6, 6.07) is 9.81. The molecular formula is C24H30N2O4. The van der Waals surface area contributed by atoms with Crippen molar-refractivity contribution >= 4 is 11.7 Å². The van der Waals surface area contributed by atoms with Crippen LogP contribution in [0.5, 0.6) is 5.75 Å². The van der Waals surface area contributed by atoms with Crippen LogP contribution in [0.15, 0.2) is 48.8 Å².